The third-order valence-corrected chi connectivity index (χ3v) is 3.38. The monoisotopic (exact) mass is 285 g/mol. The van der Waals surface area contributed by atoms with Crippen molar-refractivity contribution in [1.29, 1.82) is 0 Å². The second kappa shape index (κ2) is 7.57. The maximum Gasteiger partial charge on any atom is 0.137 e. The summed E-state index contributed by atoms with van der Waals surface area (Å²) in [6, 6.07) is 5.99. The Kier molecular flexibility index (Phi) is 5.49. The predicted molar refractivity (Wildman–Crippen MR) is 86.5 cm³/mol. The number of nitrogens with zero attached hydrogens (tertiary/aromatic N) is 4. The number of nitrogens with one attached hydrogen (secondary N) is 1. The Morgan fingerprint density at radius 2 is 1.95 bits per heavy atom. The molecule has 0 aliphatic carbocycles. The molecule has 0 amide bonds. The van der Waals surface area contributed by atoms with E-state index < -0.39 is 0 Å². The van der Waals surface area contributed by atoms with Gasteiger partial charge >= 0.3 is 0 Å². The molecular formula is C16H23N5. The van der Waals surface area contributed by atoms with Crippen molar-refractivity contribution >= 4 is 11.6 Å². The Morgan fingerprint density at radius 1 is 1.10 bits per heavy atom. The Balaban J connectivity index is 2.31. The molecule has 2 rings (SSSR count). The molecule has 0 aliphatic rings. The molecule has 1 N–H and O–H groups in total. The Bertz CT molecular complexity index is 556. The van der Waals surface area contributed by atoms with Crippen molar-refractivity contribution in [2.45, 2.75) is 33.7 Å². The SMILES string of the molecule is CCNc1ncnc(N(CC)Cc2ccccn2)c1CC. The topological polar surface area (TPSA) is 53.9 Å². The number of pyridine rings is 1. The van der Waals surface area contributed by atoms with Gasteiger partial charge in [-0.3, -0.25) is 4.98 Å². The van der Waals surface area contributed by atoms with Crippen LogP contribution in [0.15, 0.2) is 30.7 Å². The van der Waals surface area contributed by atoms with Gasteiger partial charge in [0.15, 0.2) is 0 Å². The first-order chi connectivity index (χ1) is 10.3. The summed E-state index contributed by atoms with van der Waals surface area (Å²) in [7, 11) is 0. The van der Waals surface area contributed by atoms with Crippen LogP contribution in [-0.4, -0.2) is 28.0 Å². The Labute approximate surface area is 126 Å². The summed E-state index contributed by atoms with van der Waals surface area (Å²) in [5.41, 5.74) is 2.21. The van der Waals surface area contributed by atoms with Crippen LogP contribution in [0.2, 0.25) is 0 Å². The maximum atomic E-state index is 4.51. The zero-order chi connectivity index (χ0) is 15.1. The number of hydrogen-bond acceptors (Lipinski definition) is 5. The van der Waals surface area contributed by atoms with Gasteiger partial charge in [0.2, 0.25) is 0 Å². The van der Waals surface area contributed by atoms with Crippen LogP contribution in [0.1, 0.15) is 32.0 Å². The van der Waals surface area contributed by atoms with Gasteiger partial charge in [-0.25, -0.2) is 9.97 Å². The lowest BCUT2D eigenvalue weighted by Gasteiger charge is -2.24. The van der Waals surface area contributed by atoms with E-state index in [2.05, 4.69) is 45.9 Å². The fourth-order valence-electron chi connectivity index (χ4n) is 2.34. The van der Waals surface area contributed by atoms with Crippen molar-refractivity contribution in [2.75, 3.05) is 23.3 Å². The van der Waals surface area contributed by atoms with Gasteiger partial charge < -0.3 is 10.2 Å². The Hall–Kier alpha value is -2.17. The van der Waals surface area contributed by atoms with Crippen molar-refractivity contribution in [3.63, 3.8) is 0 Å². The molecule has 0 atom stereocenters. The average molecular weight is 285 g/mol. The highest BCUT2D eigenvalue weighted by Crippen LogP contribution is 2.24. The lowest BCUT2D eigenvalue weighted by Crippen LogP contribution is -2.25. The molecule has 0 saturated carbocycles. The third-order valence-electron chi connectivity index (χ3n) is 3.38. The van der Waals surface area contributed by atoms with E-state index >= 15 is 0 Å². The first-order valence-electron chi connectivity index (χ1n) is 7.52. The van der Waals surface area contributed by atoms with Crippen LogP contribution in [0, 0.1) is 0 Å². The highest BCUT2D eigenvalue weighted by molar-refractivity contribution is 5.58. The van der Waals surface area contributed by atoms with E-state index in [1.54, 1.807) is 6.33 Å². The molecule has 5 heteroatoms. The quantitative estimate of drug-likeness (QED) is 0.847. The molecule has 0 radical (unpaired) electrons. The summed E-state index contributed by atoms with van der Waals surface area (Å²) in [4.78, 5) is 15.5. The summed E-state index contributed by atoms with van der Waals surface area (Å²) >= 11 is 0. The molecule has 0 spiro atoms. The molecule has 21 heavy (non-hydrogen) atoms. The van der Waals surface area contributed by atoms with Crippen LogP contribution in [0.5, 0.6) is 0 Å². The largest absolute Gasteiger partial charge is 0.370 e. The fraction of sp³-hybridized carbons (Fsp3) is 0.438. The standard InChI is InChI=1S/C16H23N5/c1-4-14-15(17-5-2)19-12-20-16(14)21(6-3)11-13-9-7-8-10-18-13/h7-10,12H,4-6,11H2,1-3H3,(H,17,19,20). The second-order valence-corrected chi connectivity index (χ2v) is 4.74. The van der Waals surface area contributed by atoms with E-state index in [1.165, 1.54) is 0 Å². The van der Waals surface area contributed by atoms with Gasteiger partial charge in [0, 0.05) is 24.8 Å². The minimum absolute atomic E-state index is 0.757. The summed E-state index contributed by atoms with van der Waals surface area (Å²) in [6.07, 6.45) is 4.36. The molecule has 0 aromatic carbocycles. The molecule has 0 unspecified atom stereocenters. The zero-order valence-corrected chi connectivity index (χ0v) is 13.0. The lowest BCUT2D eigenvalue weighted by molar-refractivity contribution is 0.781. The van der Waals surface area contributed by atoms with Gasteiger partial charge in [-0.15, -0.1) is 0 Å². The molecule has 2 aromatic rings. The van der Waals surface area contributed by atoms with Gasteiger partial charge in [0.05, 0.1) is 12.2 Å². The Morgan fingerprint density at radius 3 is 2.57 bits per heavy atom. The smallest absolute Gasteiger partial charge is 0.137 e. The van der Waals surface area contributed by atoms with Gasteiger partial charge in [-0.1, -0.05) is 13.0 Å². The number of rotatable bonds is 7. The van der Waals surface area contributed by atoms with Crippen molar-refractivity contribution in [2.24, 2.45) is 0 Å². The van der Waals surface area contributed by atoms with E-state index in [4.69, 9.17) is 0 Å². The van der Waals surface area contributed by atoms with Gasteiger partial charge in [-0.2, -0.15) is 0 Å². The molecule has 0 fully saturated rings. The van der Waals surface area contributed by atoms with Crippen LogP contribution in [0.4, 0.5) is 11.6 Å². The van der Waals surface area contributed by atoms with E-state index in [-0.39, 0.29) is 0 Å². The summed E-state index contributed by atoms with van der Waals surface area (Å²) < 4.78 is 0. The fourth-order valence-corrected chi connectivity index (χ4v) is 2.34. The average Bonchev–Trinajstić information content (AvgIpc) is 2.54. The minimum Gasteiger partial charge on any atom is -0.370 e. The highest BCUT2D eigenvalue weighted by Gasteiger charge is 2.15. The summed E-state index contributed by atoms with van der Waals surface area (Å²) in [5.74, 6) is 1.93. The van der Waals surface area contributed by atoms with Crippen molar-refractivity contribution in [1.82, 2.24) is 15.0 Å². The molecule has 2 heterocycles. The lowest BCUT2D eigenvalue weighted by atomic mass is 10.2. The van der Waals surface area contributed by atoms with E-state index in [9.17, 15) is 0 Å². The van der Waals surface area contributed by atoms with Gasteiger partial charge in [0.25, 0.3) is 0 Å². The molecular weight excluding hydrogens is 262 g/mol. The van der Waals surface area contributed by atoms with E-state index in [0.717, 1.165) is 48.9 Å². The molecule has 5 nitrogen and oxygen atoms in total. The van der Waals surface area contributed by atoms with Crippen LogP contribution >= 0.6 is 0 Å². The number of anilines is 2. The highest BCUT2D eigenvalue weighted by atomic mass is 15.2. The van der Waals surface area contributed by atoms with Crippen molar-refractivity contribution in [3.8, 4) is 0 Å². The van der Waals surface area contributed by atoms with Gasteiger partial charge in [0.1, 0.15) is 18.0 Å². The van der Waals surface area contributed by atoms with Crippen LogP contribution in [-0.2, 0) is 13.0 Å². The number of aromatic nitrogens is 3. The molecule has 112 valence electrons. The van der Waals surface area contributed by atoms with Gasteiger partial charge in [-0.05, 0) is 32.4 Å². The van der Waals surface area contributed by atoms with Crippen molar-refractivity contribution in [3.05, 3.63) is 42.0 Å². The first-order valence-corrected chi connectivity index (χ1v) is 7.52. The second-order valence-electron chi connectivity index (χ2n) is 4.74. The van der Waals surface area contributed by atoms with E-state index in [0.29, 0.717) is 0 Å². The number of hydrogen-bond donors (Lipinski definition) is 1. The summed E-state index contributed by atoms with van der Waals surface area (Å²) in [6.45, 7) is 8.84. The molecule has 0 bridgehead atoms. The third kappa shape index (κ3) is 3.68. The van der Waals surface area contributed by atoms with Crippen molar-refractivity contribution < 1.29 is 0 Å². The zero-order valence-electron chi connectivity index (χ0n) is 13.0. The minimum atomic E-state index is 0.757. The normalized spacial score (nSPS) is 10.4. The molecule has 0 saturated heterocycles. The molecule has 2 aromatic heterocycles. The van der Waals surface area contributed by atoms with Crippen LogP contribution in [0.3, 0.4) is 0 Å². The predicted octanol–water partition coefficient (Wildman–Crippen LogP) is 2.89. The van der Waals surface area contributed by atoms with Crippen LogP contribution in [0.25, 0.3) is 0 Å². The molecule has 0 aliphatic heterocycles. The van der Waals surface area contributed by atoms with E-state index in [1.807, 2.05) is 24.4 Å². The maximum absolute atomic E-state index is 4.51. The summed E-state index contributed by atoms with van der Waals surface area (Å²) in [5, 5.41) is 3.32. The van der Waals surface area contributed by atoms with Crippen LogP contribution < -0.4 is 10.2 Å². The first kappa shape index (κ1) is 15.2.